The van der Waals surface area contributed by atoms with Crippen molar-refractivity contribution >= 4 is 21.9 Å². The first-order chi connectivity index (χ1) is 9.27. The van der Waals surface area contributed by atoms with Gasteiger partial charge in [0.1, 0.15) is 4.90 Å². The number of aromatic nitrogens is 2. The van der Waals surface area contributed by atoms with Gasteiger partial charge >= 0.3 is 6.03 Å². The molecule has 2 rings (SSSR count). The van der Waals surface area contributed by atoms with E-state index in [9.17, 15) is 13.2 Å². The van der Waals surface area contributed by atoms with Gasteiger partial charge in [0.2, 0.25) is 10.0 Å². The number of amides is 2. The van der Waals surface area contributed by atoms with Crippen molar-refractivity contribution in [3.8, 4) is 0 Å². The number of primary sulfonamides is 1. The van der Waals surface area contributed by atoms with Crippen molar-refractivity contribution in [2.24, 2.45) is 18.1 Å². The number of likely N-dealkylation sites (tertiary alicyclic amines) is 1. The molecule has 0 atom stereocenters. The Hall–Kier alpha value is -1.61. The zero-order valence-electron chi connectivity index (χ0n) is 11.5. The fourth-order valence-corrected chi connectivity index (χ4v) is 2.81. The van der Waals surface area contributed by atoms with E-state index < -0.39 is 10.0 Å². The van der Waals surface area contributed by atoms with Gasteiger partial charge < -0.3 is 4.90 Å². The summed E-state index contributed by atoms with van der Waals surface area (Å²) in [6, 6.07) is -0.347. The van der Waals surface area contributed by atoms with Crippen molar-refractivity contribution < 1.29 is 13.2 Å². The molecule has 0 saturated carbocycles. The maximum absolute atomic E-state index is 12.1. The molecule has 20 heavy (non-hydrogen) atoms. The van der Waals surface area contributed by atoms with Gasteiger partial charge in [0.15, 0.2) is 5.82 Å². The van der Waals surface area contributed by atoms with E-state index in [1.165, 1.54) is 10.9 Å². The molecular weight excluding hydrogens is 282 g/mol. The Kier molecular flexibility index (Phi) is 4.00. The Bertz CT molecular complexity index is 602. The first kappa shape index (κ1) is 14.8. The van der Waals surface area contributed by atoms with Crippen LogP contribution in [-0.4, -0.2) is 42.2 Å². The quantitative estimate of drug-likeness (QED) is 0.820. The molecule has 8 nitrogen and oxygen atoms in total. The summed E-state index contributed by atoms with van der Waals surface area (Å²) in [5, 5.41) is 11.5. The molecule has 0 unspecified atom stereocenters. The second kappa shape index (κ2) is 5.41. The van der Waals surface area contributed by atoms with Crippen LogP contribution in [-0.2, 0) is 17.1 Å². The molecule has 1 aliphatic rings. The summed E-state index contributed by atoms with van der Waals surface area (Å²) in [7, 11) is -2.35. The number of urea groups is 1. The summed E-state index contributed by atoms with van der Waals surface area (Å²) in [6.45, 7) is 3.46. The molecule has 1 saturated heterocycles. The lowest BCUT2D eigenvalue weighted by Crippen LogP contribution is -2.40. The number of aryl methyl sites for hydroxylation is 1. The van der Waals surface area contributed by atoms with Gasteiger partial charge in [-0.3, -0.25) is 10.00 Å². The number of anilines is 1. The first-order valence-electron chi connectivity index (χ1n) is 6.39. The zero-order chi connectivity index (χ0) is 14.9. The molecule has 3 N–H and O–H groups in total. The minimum absolute atomic E-state index is 0.0291. The Balaban J connectivity index is 2.12. The van der Waals surface area contributed by atoms with Gasteiger partial charge in [0, 0.05) is 26.3 Å². The van der Waals surface area contributed by atoms with E-state index in [2.05, 4.69) is 17.3 Å². The molecule has 0 aliphatic carbocycles. The maximum atomic E-state index is 12.1. The highest BCUT2D eigenvalue weighted by Gasteiger charge is 2.24. The SMILES string of the molecule is CC1CCN(C(=O)Nc2nn(C)cc2S(N)(=O)=O)CC1. The van der Waals surface area contributed by atoms with Crippen LogP contribution >= 0.6 is 0 Å². The molecule has 1 aliphatic heterocycles. The lowest BCUT2D eigenvalue weighted by atomic mass is 10.00. The Morgan fingerprint density at radius 3 is 2.60 bits per heavy atom. The molecule has 0 bridgehead atoms. The third-order valence-electron chi connectivity index (χ3n) is 3.40. The molecule has 1 fully saturated rings. The number of piperidine rings is 1. The summed E-state index contributed by atoms with van der Waals surface area (Å²) in [4.78, 5) is 13.6. The van der Waals surface area contributed by atoms with Crippen molar-refractivity contribution in [2.45, 2.75) is 24.7 Å². The topological polar surface area (TPSA) is 110 Å². The Morgan fingerprint density at radius 1 is 1.45 bits per heavy atom. The highest BCUT2D eigenvalue weighted by Crippen LogP contribution is 2.20. The summed E-state index contributed by atoms with van der Waals surface area (Å²) in [5.41, 5.74) is 0. The highest BCUT2D eigenvalue weighted by molar-refractivity contribution is 7.89. The third kappa shape index (κ3) is 3.28. The summed E-state index contributed by atoms with van der Waals surface area (Å²) in [5.74, 6) is 0.576. The smallest absolute Gasteiger partial charge is 0.323 e. The number of nitrogens with one attached hydrogen (secondary N) is 1. The van der Waals surface area contributed by atoms with Crippen LogP contribution in [0.5, 0.6) is 0 Å². The van der Waals surface area contributed by atoms with Crippen LogP contribution in [0.3, 0.4) is 0 Å². The maximum Gasteiger partial charge on any atom is 0.323 e. The van der Waals surface area contributed by atoms with Gasteiger partial charge in [0.05, 0.1) is 0 Å². The third-order valence-corrected chi connectivity index (χ3v) is 4.31. The standard InChI is InChI=1S/C11H19N5O3S/c1-8-3-5-16(6-4-8)11(17)13-10-9(20(12,18)19)7-15(2)14-10/h7-8H,3-6H2,1-2H3,(H2,12,18,19)(H,13,14,17). The normalized spacial score (nSPS) is 17.2. The largest absolute Gasteiger partial charge is 0.324 e. The molecular formula is C11H19N5O3S. The van der Waals surface area contributed by atoms with Crippen LogP contribution in [0.1, 0.15) is 19.8 Å². The van der Waals surface area contributed by atoms with Crippen molar-refractivity contribution in [3.63, 3.8) is 0 Å². The molecule has 1 aromatic heterocycles. The van der Waals surface area contributed by atoms with Crippen molar-refractivity contribution in [1.29, 1.82) is 0 Å². The molecule has 2 amide bonds. The molecule has 2 heterocycles. The molecule has 9 heteroatoms. The van der Waals surface area contributed by atoms with E-state index in [0.29, 0.717) is 19.0 Å². The van der Waals surface area contributed by atoms with Crippen LogP contribution < -0.4 is 10.5 Å². The molecule has 112 valence electrons. The second-order valence-electron chi connectivity index (χ2n) is 5.16. The van der Waals surface area contributed by atoms with Gasteiger partial charge in [-0.1, -0.05) is 6.92 Å². The van der Waals surface area contributed by atoms with E-state index in [-0.39, 0.29) is 16.7 Å². The number of hydrogen-bond acceptors (Lipinski definition) is 4. The van der Waals surface area contributed by atoms with E-state index in [0.717, 1.165) is 12.8 Å². The number of carbonyl (C=O) groups is 1. The number of hydrogen-bond donors (Lipinski definition) is 2. The lowest BCUT2D eigenvalue weighted by Gasteiger charge is -2.30. The highest BCUT2D eigenvalue weighted by atomic mass is 32.2. The van der Waals surface area contributed by atoms with Crippen LogP contribution in [0.25, 0.3) is 0 Å². The number of nitrogens with zero attached hydrogens (tertiary/aromatic N) is 3. The van der Waals surface area contributed by atoms with Crippen LogP contribution in [0.2, 0.25) is 0 Å². The minimum atomic E-state index is -3.91. The van der Waals surface area contributed by atoms with Crippen LogP contribution in [0.15, 0.2) is 11.1 Å². The van der Waals surface area contributed by atoms with E-state index in [1.54, 1.807) is 11.9 Å². The van der Waals surface area contributed by atoms with Crippen LogP contribution in [0, 0.1) is 5.92 Å². The molecule has 0 aromatic carbocycles. The van der Waals surface area contributed by atoms with Gasteiger partial charge in [-0.05, 0) is 18.8 Å². The van der Waals surface area contributed by atoms with Gasteiger partial charge in [-0.2, -0.15) is 5.10 Å². The average Bonchev–Trinajstić information content (AvgIpc) is 2.71. The fraction of sp³-hybridized carbons (Fsp3) is 0.636. The van der Waals surface area contributed by atoms with Gasteiger partial charge in [-0.15, -0.1) is 0 Å². The molecule has 1 aromatic rings. The van der Waals surface area contributed by atoms with Gasteiger partial charge in [-0.25, -0.2) is 18.4 Å². The number of nitrogens with two attached hydrogens (primary N) is 1. The summed E-state index contributed by atoms with van der Waals surface area (Å²) >= 11 is 0. The first-order valence-corrected chi connectivity index (χ1v) is 7.94. The van der Waals surface area contributed by atoms with Crippen molar-refractivity contribution in [3.05, 3.63) is 6.20 Å². The monoisotopic (exact) mass is 301 g/mol. The predicted octanol–water partition coefficient (Wildman–Crippen LogP) is 0.331. The molecule has 0 spiro atoms. The van der Waals surface area contributed by atoms with E-state index in [1.807, 2.05) is 0 Å². The number of rotatable bonds is 2. The summed E-state index contributed by atoms with van der Waals surface area (Å²) < 4.78 is 24.2. The van der Waals surface area contributed by atoms with Crippen molar-refractivity contribution in [1.82, 2.24) is 14.7 Å². The number of carbonyl (C=O) groups excluding carboxylic acids is 1. The van der Waals surface area contributed by atoms with Crippen LogP contribution in [0.4, 0.5) is 10.6 Å². The fourth-order valence-electron chi connectivity index (χ4n) is 2.15. The Labute approximate surface area is 118 Å². The van der Waals surface area contributed by atoms with Crippen molar-refractivity contribution in [2.75, 3.05) is 18.4 Å². The Morgan fingerprint density at radius 2 is 2.05 bits per heavy atom. The summed E-state index contributed by atoms with van der Waals surface area (Å²) in [6.07, 6.45) is 3.15. The van der Waals surface area contributed by atoms with Gasteiger partial charge in [0.25, 0.3) is 0 Å². The average molecular weight is 301 g/mol. The zero-order valence-corrected chi connectivity index (χ0v) is 12.4. The van der Waals surface area contributed by atoms with E-state index in [4.69, 9.17) is 5.14 Å². The van der Waals surface area contributed by atoms with E-state index >= 15 is 0 Å². The lowest BCUT2D eigenvalue weighted by molar-refractivity contribution is 0.186. The molecule has 0 radical (unpaired) electrons. The minimum Gasteiger partial charge on any atom is -0.324 e. The second-order valence-corrected chi connectivity index (χ2v) is 6.69. The predicted molar refractivity (Wildman–Crippen MR) is 73.6 cm³/mol. The number of sulfonamides is 1.